The Morgan fingerprint density at radius 1 is 1.21 bits per heavy atom. The predicted molar refractivity (Wildman–Crippen MR) is 64.5 cm³/mol. The molecule has 0 bridgehead atoms. The molecule has 0 aromatic heterocycles. The van der Waals surface area contributed by atoms with Crippen LogP contribution in [0, 0.1) is 5.92 Å². The molecule has 2 nitrogen and oxygen atoms in total. The minimum Gasteiger partial charge on any atom is -0.330 e. The van der Waals surface area contributed by atoms with Gasteiger partial charge in [0, 0.05) is 6.04 Å². The minimum absolute atomic E-state index is 0.722. The number of nitrogens with zero attached hydrogens (tertiary/aromatic N) is 1. The monoisotopic (exact) mass is 200 g/mol. The van der Waals surface area contributed by atoms with Crippen LogP contribution in [-0.2, 0) is 0 Å². The van der Waals surface area contributed by atoms with E-state index in [0.717, 1.165) is 18.5 Å². The average molecular weight is 200 g/mol. The van der Waals surface area contributed by atoms with Crippen LogP contribution >= 0.6 is 0 Å². The highest BCUT2D eigenvalue weighted by Gasteiger charge is 2.07. The van der Waals surface area contributed by atoms with Gasteiger partial charge in [0.25, 0.3) is 0 Å². The van der Waals surface area contributed by atoms with Crippen molar-refractivity contribution in [1.82, 2.24) is 4.90 Å². The van der Waals surface area contributed by atoms with Crippen LogP contribution in [0.3, 0.4) is 0 Å². The lowest BCUT2D eigenvalue weighted by atomic mass is 10.0. The Morgan fingerprint density at radius 2 is 1.86 bits per heavy atom. The van der Waals surface area contributed by atoms with Crippen molar-refractivity contribution in [3.63, 3.8) is 0 Å². The fourth-order valence-electron chi connectivity index (χ4n) is 1.65. The lowest BCUT2D eigenvalue weighted by Gasteiger charge is -2.23. The predicted octanol–water partition coefficient (Wildman–Crippen LogP) is 2.48. The summed E-state index contributed by atoms with van der Waals surface area (Å²) < 4.78 is 0. The third-order valence-electron chi connectivity index (χ3n) is 3.21. The van der Waals surface area contributed by atoms with Crippen molar-refractivity contribution in [1.29, 1.82) is 0 Å². The van der Waals surface area contributed by atoms with Crippen LogP contribution < -0.4 is 5.73 Å². The van der Waals surface area contributed by atoms with Crippen molar-refractivity contribution in [2.24, 2.45) is 11.7 Å². The van der Waals surface area contributed by atoms with Crippen LogP contribution in [0.25, 0.3) is 0 Å². The molecule has 2 unspecified atom stereocenters. The van der Waals surface area contributed by atoms with Crippen molar-refractivity contribution < 1.29 is 0 Å². The van der Waals surface area contributed by atoms with Crippen LogP contribution in [-0.4, -0.2) is 31.1 Å². The number of hydrogen-bond acceptors (Lipinski definition) is 2. The molecule has 0 aliphatic carbocycles. The maximum absolute atomic E-state index is 5.52. The molecule has 0 rings (SSSR count). The zero-order valence-electron chi connectivity index (χ0n) is 10.4. The number of rotatable bonds is 8. The summed E-state index contributed by atoms with van der Waals surface area (Å²) >= 11 is 0. The van der Waals surface area contributed by atoms with Crippen LogP contribution in [0.4, 0.5) is 0 Å². The highest BCUT2D eigenvalue weighted by Crippen LogP contribution is 2.10. The topological polar surface area (TPSA) is 29.3 Å². The number of hydrogen-bond donors (Lipinski definition) is 1. The van der Waals surface area contributed by atoms with E-state index in [1.807, 2.05) is 0 Å². The third kappa shape index (κ3) is 6.39. The first kappa shape index (κ1) is 13.9. The summed E-state index contributed by atoms with van der Waals surface area (Å²) in [7, 11) is 2.22. The van der Waals surface area contributed by atoms with E-state index in [9.17, 15) is 0 Å². The van der Waals surface area contributed by atoms with Gasteiger partial charge in [-0.3, -0.25) is 0 Å². The summed E-state index contributed by atoms with van der Waals surface area (Å²) in [6.07, 6.45) is 5.04. The van der Waals surface area contributed by atoms with Gasteiger partial charge in [0.05, 0.1) is 0 Å². The van der Waals surface area contributed by atoms with Gasteiger partial charge in [-0.1, -0.05) is 13.8 Å². The lowest BCUT2D eigenvalue weighted by Crippen LogP contribution is -2.29. The quantitative estimate of drug-likeness (QED) is 0.652. The van der Waals surface area contributed by atoms with Crippen molar-refractivity contribution in [2.75, 3.05) is 20.1 Å². The van der Waals surface area contributed by atoms with E-state index >= 15 is 0 Å². The van der Waals surface area contributed by atoms with E-state index < -0.39 is 0 Å². The zero-order chi connectivity index (χ0) is 11.0. The smallest absolute Gasteiger partial charge is 0.00612 e. The van der Waals surface area contributed by atoms with Crippen LogP contribution in [0.1, 0.15) is 46.5 Å². The molecule has 86 valence electrons. The van der Waals surface area contributed by atoms with E-state index in [1.54, 1.807) is 0 Å². The van der Waals surface area contributed by atoms with Crippen molar-refractivity contribution in [3.05, 3.63) is 0 Å². The maximum atomic E-state index is 5.52. The van der Waals surface area contributed by atoms with Crippen molar-refractivity contribution >= 4 is 0 Å². The summed E-state index contributed by atoms with van der Waals surface area (Å²) in [6, 6.07) is 0.722. The van der Waals surface area contributed by atoms with Crippen LogP contribution in [0.2, 0.25) is 0 Å². The molecule has 0 aromatic carbocycles. The second kappa shape index (κ2) is 8.25. The van der Waals surface area contributed by atoms with Gasteiger partial charge in [0.15, 0.2) is 0 Å². The van der Waals surface area contributed by atoms with Gasteiger partial charge < -0.3 is 10.6 Å². The Kier molecular flexibility index (Phi) is 8.20. The molecule has 2 heteroatoms. The van der Waals surface area contributed by atoms with Gasteiger partial charge in [0.2, 0.25) is 0 Å². The molecule has 0 aliphatic heterocycles. The van der Waals surface area contributed by atoms with Gasteiger partial charge in [-0.2, -0.15) is 0 Å². The summed E-state index contributed by atoms with van der Waals surface area (Å²) in [5.74, 6) is 0.797. The normalized spacial score (nSPS) is 15.9. The standard InChI is InChI=1S/C12H28N2/c1-5-12(3)14(4)10-6-7-11(2)8-9-13/h11-12H,5-10,13H2,1-4H3. The summed E-state index contributed by atoms with van der Waals surface area (Å²) in [5, 5.41) is 0. The second-order valence-corrected chi connectivity index (χ2v) is 4.56. The van der Waals surface area contributed by atoms with E-state index in [-0.39, 0.29) is 0 Å². The summed E-state index contributed by atoms with van der Waals surface area (Å²) in [4.78, 5) is 2.45. The zero-order valence-corrected chi connectivity index (χ0v) is 10.4. The fraction of sp³-hybridized carbons (Fsp3) is 1.00. The lowest BCUT2D eigenvalue weighted by molar-refractivity contribution is 0.241. The van der Waals surface area contributed by atoms with Gasteiger partial charge >= 0.3 is 0 Å². The van der Waals surface area contributed by atoms with E-state index in [1.165, 1.54) is 32.2 Å². The molecular formula is C12H28N2. The summed E-state index contributed by atoms with van der Waals surface area (Å²) in [5.41, 5.74) is 5.52. The molecule has 2 N–H and O–H groups in total. The first-order valence-corrected chi connectivity index (χ1v) is 6.02. The van der Waals surface area contributed by atoms with Crippen molar-refractivity contribution in [3.8, 4) is 0 Å². The van der Waals surface area contributed by atoms with Crippen LogP contribution in [0.5, 0.6) is 0 Å². The number of nitrogens with two attached hydrogens (primary N) is 1. The Balaban J connectivity index is 3.43. The molecule has 0 saturated heterocycles. The molecule has 0 aromatic rings. The Morgan fingerprint density at radius 3 is 2.36 bits per heavy atom. The minimum atomic E-state index is 0.722. The van der Waals surface area contributed by atoms with Gasteiger partial charge in [-0.05, 0) is 58.7 Å². The highest BCUT2D eigenvalue weighted by molar-refractivity contribution is 4.62. The van der Waals surface area contributed by atoms with E-state index in [2.05, 4.69) is 32.7 Å². The first-order valence-electron chi connectivity index (χ1n) is 6.02. The third-order valence-corrected chi connectivity index (χ3v) is 3.21. The Labute approximate surface area is 89.9 Å². The Hall–Kier alpha value is -0.0800. The van der Waals surface area contributed by atoms with Gasteiger partial charge in [-0.25, -0.2) is 0 Å². The maximum Gasteiger partial charge on any atom is 0.00612 e. The molecule has 0 amide bonds. The molecule has 14 heavy (non-hydrogen) atoms. The molecule has 0 heterocycles. The molecule has 0 fully saturated rings. The molecule has 0 spiro atoms. The summed E-state index contributed by atoms with van der Waals surface area (Å²) in [6.45, 7) is 8.91. The van der Waals surface area contributed by atoms with Gasteiger partial charge in [0.1, 0.15) is 0 Å². The van der Waals surface area contributed by atoms with E-state index in [4.69, 9.17) is 5.73 Å². The Bertz CT molecular complexity index is 125. The van der Waals surface area contributed by atoms with Gasteiger partial charge in [-0.15, -0.1) is 0 Å². The SMILES string of the molecule is CCC(C)N(C)CCCC(C)CCN. The van der Waals surface area contributed by atoms with Crippen molar-refractivity contribution in [2.45, 2.75) is 52.5 Å². The second-order valence-electron chi connectivity index (χ2n) is 4.56. The first-order chi connectivity index (χ1) is 6.61. The van der Waals surface area contributed by atoms with E-state index in [0.29, 0.717) is 0 Å². The molecule has 0 radical (unpaired) electrons. The molecule has 0 saturated carbocycles. The molecular weight excluding hydrogens is 172 g/mol. The highest BCUT2D eigenvalue weighted by atomic mass is 15.1. The largest absolute Gasteiger partial charge is 0.330 e. The molecule has 2 atom stereocenters. The fourth-order valence-corrected chi connectivity index (χ4v) is 1.65. The van der Waals surface area contributed by atoms with Crippen LogP contribution in [0.15, 0.2) is 0 Å². The average Bonchev–Trinajstić information content (AvgIpc) is 2.16. The molecule has 0 aliphatic rings.